The van der Waals surface area contributed by atoms with Gasteiger partial charge in [-0.3, -0.25) is 9.69 Å². The smallest absolute Gasteiger partial charge is 0.326 e. The second-order valence-corrected chi connectivity index (χ2v) is 8.03. The molecule has 0 aromatic heterocycles. The van der Waals surface area contributed by atoms with Gasteiger partial charge in [0, 0.05) is 39.5 Å². The second-order valence-electron chi connectivity index (χ2n) is 6.68. The van der Waals surface area contributed by atoms with Crippen molar-refractivity contribution in [1.29, 1.82) is 0 Å². The Labute approximate surface area is 193 Å². The van der Waals surface area contributed by atoms with Crippen molar-refractivity contribution in [2.45, 2.75) is 6.42 Å². The molecule has 3 rings (SSSR count). The Morgan fingerprint density at radius 1 is 0.935 bits per heavy atom. The lowest BCUT2D eigenvalue weighted by atomic mass is 10.2. The van der Waals surface area contributed by atoms with Gasteiger partial charge < -0.3 is 10.6 Å². The minimum Gasteiger partial charge on any atom is -0.352 e. The van der Waals surface area contributed by atoms with E-state index >= 15 is 0 Å². The summed E-state index contributed by atoms with van der Waals surface area (Å²) >= 11 is 9.22. The summed E-state index contributed by atoms with van der Waals surface area (Å²) < 4.78 is 14.2. The maximum atomic E-state index is 13.3. The Kier molecular flexibility index (Phi) is 8.03. The van der Waals surface area contributed by atoms with Gasteiger partial charge in [-0.15, -0.1) is 0 Å². The van der Waals surface area contributed by atoms with E-state index in [0.29, 0.717) is 41.5 Å². The molecule has 0 saturated heterocycles. The van der Waals surface area contributed by atoms with Gasteiger partial charge in [0.2, 0.25) is 0 Å². The van der Waals surface area contributed by atoms with Gasteiger partial charge in [0.1, 0.15) is 5.82 Å². The van der Waals surface area contributed by atoms with E-state index in [-0.39, 0.29) is 17.8 Å². The Morgan fingerprint density at radius 2 is 1.58 bits per heavy atom. The van der Waals surface area contributed by atoms with Crippen LogP contribution in [0.4, 0.5) is 20.6 Å². The Balaban J connectivity index is 1.61. The van der Waals surface area contributed by atoms with Crippen LogP contribution in [0.5, 0.6) is 0 Å². The number of halogens is 3. The van der Waals surface area contributed by atoms with E-state index in [1.54, 1.807) is 48.5 Å². The molecular formula is C23H20BrClFN3O2. The summed E-state index contributed by atoms with van der Waals surface area (Å²) in [5, 5.41) is 6.21. The predicted molar refractivity (Wildman–Crippen MR) is 125 cm³/mol. The summed E-state index contributed by atoms with van der Waals surface area (Å²) in [5.41, 5.74) is 1.69. The molecule has 0 aliphatic rings. The molecule has 5 nitrogen and oxygen atoms in total. The highest BCUT2D eigenvalue weighted by molar-refractivity contribution is 9.10. The topological polar surface area (TPSA) is 61.4 Å². The number of carbonyl (C=O) groups excluding carboxylic acids is 2. The normalized spacial score (nSPS) is 10.4. The van der Waals surface area contributed by atoms with E-state index in [4.69, 9.17) is 11.6 Å². The number of carbonyl (C=O) groups is 2. The number of nitrogens with zero attached hydrogens (tertiary/aromatic N) is 1. The summed E-state index contributed by atoms with van der Waals surface area (Å²) in [4.78, 5) is 26.6. The summed E-state index contributed by atoms with van der Waals surface area (Å²) in [7, 11) is 0. The van der Waals surface area contributed by atoms with Crippen molar-refractivity contribution in [1.82, 2.24) is 5.32 Å². The molecule has 0 saturated carbocycles. The van der Waals surface area contributed by atoms with Crippen molar-refractivity contribution < 1.29 is 14.0 Å². The molecule has 0 heterocycles. The van der Waals surface area contributed by atoms with Gasteiger partial charge in [-0.05, 0) is 79.2 Å². The largest absolute Gasteiger partial charge is 0.352 e. The third kappa shape index (κ3) is 6.80. The van der Waals surface area contributed by atoms with Crippen LogP contribution in [0.1, 0.15) is 16.8 Å². The Hall–Kier alpha value is -2.90. The van der Waals surface area contributed by atoms with Crippen LogP contribution >= 0.6 is 27.5 Å². The van der Waals surface area contributed by atoms with Crippen LogP contribution in [0.2, 0.25) is 5.02 Å². The zero-order valence-corrected chi connectivity index (χ0v) is 18.8. The highest BCUT2D eigenvalue weighted by Gasteiger charge is 2.16. The summed E-state index contributed by atoms with van der Waals surface area (Å²) in [6, 6.07) is 19.1. The minimum absolute atomic E-state index is 0.188. The molecule has 0 unspecified atom stereocenters. The van der Waals surface area contributed by atoms with Gasteiger partial charge in [-0.25, -0.2) is 9.18 Å². The van der Waals surface area contributed by atoms with Gasteiger partial charge >= 0.3 is 6.03 Å². The van der Waals surface area contributed by atoms with Crippen molar-refractivity contribution in [3.8, 4) is 0 Å². The number of hydrogen-bond donors (Lipinski definition) is 2. The highest BCUT2D eigenvalue weighted by atomic mass is 79.9. The zero-order valence-electron chi connectivity index (χ0n) is 16.4. The third-order valence-electron chi connectivity index (χ3n) is 4.43. The van der Waals surface area contributed by atoms with Crippen LogP contribution in [-0.2, 0) is 0 Å². The number of urea groups is 1. The fourth-order valence-electron chi connectivity index (χ4n) is 2.84. The van der Waals surface area contributed by atoms with Crippen molar-refractivity contribution in [3.63, 3.8) is 0 Å². The average molecular weight is 505 g/mol. The maximum absolute atomic E-state index is 13.3. The van der Waals surface area contributed by atoms with Crippen molar-refractivity contribution in [3.05, 3.63) is 93.7 Å². The van der Waals surface area contributed by atoms with Crippen molar-refractivity contribution in [2.75, 3.05) is 23.3 Å². The molecule has 3 aromatic rings. The molecule has 0 aliphatic heterocycles. The Bertz CT molecular complexity index is 1030. The minimum atomic E-state index is -0.386. The number of rotatable bonds is 7. The monoisotopic (exact) mass is 503 g/mol. The van der Waals surface area contributed by atoms with Crippen molar-refractivity contribution >= 4 is 50.8 Å². The van der Waals surface area contributed by atoms with Gasteiger partial charge in [0.05, 0.1) is 0 Å². The van der Waals surface area contributed by atoms with E-state index in [0.717, 1.165) is 4.47 Å². The number of benzene rings is 3. The molecule has 160 valence electrons. The van der Waals surface area contributed by atoms with Crippen LogP contribution in [0.25, 0.3) is 0 Å². The first-order valence-electron chi connectivity index (χ1n) is 9.56. The average Bonchev–Trinajstić information content (AvgIpc) is 2.76. The third-order valence-corrected chi connectivity index (χ3v) is 5.21. The Morgan fingerprint density at radius 3 is 2.23 bits per heavy atom. The summed E-state index contributed by atoms with van der Waals surface area (Å²) in [6.45, 7) is 0.701. The number of nitrogens with one attached hydrogen (secondary N) is 2. The molecule has 8 heteroatoms. The van der Waals surface area contributed by atoms with Gasteiger partial charge in [0.15, 0.2) is 0 Å². The fraction of sp³-hybridized carbons (Fsp3) is 0.130. The molecule has 3 aromatic carbocycles. The second kappa shape index (κ2) is 10.9. The van der Waals surface area contributed by atoms with Crippen molar-refractivity contribution in [2.24, 2.45) is 0 Å². The first-order chi connectivity index (χ1) is 14.9. The molecule has 0 radical (unpaired) electrons. The molecular weight excluding hydrogens is 485 g/mol. The van der Waals surface area contributed by atoms with Gasteiger partial charge in [-0.1, -0.05) is 27.5 Å². The maximum Gasteiger partial charge on any atom is 0.326 e. The lowest BCUT2D eigenvalue weighted by molar-refractivity contribution is 0.0953. The first-order valence-corrected chi connectivity index (χ1v) is 10.7. The van der Waals surface area contributed by atoms with Crippen LogP contribution < -0.4 is 15.5 Å². The summed E-state index contributed by atoms with van der Waals surface area (Å²) in [6.07, 6.45) is 0.508. The van der Waals surface area contributed by atoms with E-state index in [2.05, 4.69) is 26.6 Å². The highest BCUT2D eigenvalue weighted by Crippen LogP contribution is 2.19. The SMILES string of the molecule is O=C(NCCCN(C(=O)Nc1ccc(Cl)cc1)c1ccc(F)cc1)c1ccc(Br)cc1. The quantitative estimate of drug-likeness (QED) is 0.382. The van der Waals surface area contributed by atoms with E-state index < -0.39 is 0 Å². The number of anilines is 2. The first kappa shape index (κ1) is 22.8. The molecule has 0 atom stereocenters. The van der Waals surface area contributed by atoms with E-state index in [1.807, 2.05) is 0 Å². The molecule has 2 N–H and O–H groups in total. The van der Waals surface area contributed by atoms with Gasteiger partial charge in [0.25, 0.3) is 5.91 Å². The van der Waals surface area contributed by atoms with Crippen LogP contribution in [-0.4, -0.2) is 25.0 Å². The van der Waals surface area contributed by atoms with E-state index in [9.17, 15) is 14.0 Å². The molecule has 31 heavy (non-hydrogen) atoms. The number of hydrogen-bond acceptors (Lipinski definition) is 2. The molecule has 3 amide bonds. The zero-order chi connectivity index (χ0) is 22.2. The molecule has 0 spiro atoms. The van der Waals surface area contributed by atoms with Crippen LogP contribution in [0, 0.1) is 5.82 Å². The fourth-order valence-corrected chi connectivity index (χ4v) is 3.23. The number of amides is 3. The lowest BCUT2D eigenvalue weighted by Crippen LogP contribution is -2.37. The lowest BCUT2D eigenvalue weighted by Gasteiger charge is -2.23. The standard InChI is InChI=1S/C23H20BrClFN3O2/c24-17-4-2-16(3-5-17)22(30)27-14-1-15-29(21-12-8-19(26)9-13-21)23(31)28-20-10-6-18(25)7-11-20/h2-13H,1,14-15H2,(H,27,30)(H,28,31). The molecule has 0 bridgehead atoms. The van der Waals surface area contributed by atoms with Crippen LogP contribution in [0.3, 0.4) is 0 Å². The molecule has 0 fully saturated rings. The molecule has 0 aliphatic carbocycles. The van der Waals surface area contributed by atoms with Gasteiger partial charge in [-0.2, -0.15) is 0 Å². The van der Waals surface area contributed by atoms with E-state index in [1.165, 1.54) is 29.2 Å². The van der Waals surface area contributed by atoms with Crippen LogP contribution in [0.15, 0.2) is 77.3 Å². The predicted octanol–water partition coefficient (Wildman–Crippen LogP) is 6.10. The summed E-state index contributed by atoms with van der Waals surface area (Å²) in [5.74, 6) is -0.574.